The molecule has 0 bridgehead atoms. The number of rotatable bonds is 8. The minimum absolute atomic E-state index is 0.00270. The van der Waals surface area contributed by atoms with E-state index >= 15 is 0 Å². The second kappa shape index (κ2) is 9.54. The van der Waals surface area contributed by atoms with Crippen LogP contribution in [0.5, 0.6) is 0 Å². The molecule has 0 aliphatic heterocycles. The highest BCUT2D eigenvalue weighted by atomic mass is 16.3. The second-order valence-corrected chi connectivity index (χ2v) is 9.40. The summed E-state index contributed by atoms with van der Waals surface area (Å²) < 4.78 is 7.36. The lowest BCUT2D eigenvalue weighted by atomic mass is 10.0. The zero-order valence-electron chi connectivity index (χ0n) is 20.1. The molecule has 5 rings (SSSR count). The minimum Gasteiger partial charge on any atom is -0.467 e. The van der Waals surface area contributed by atoms with Gasteiger partial charge in [-0.1, -0.05) is 31.9 Å². The van der Waals surface area contributed by atoms with Gasteiger partial charge in [0.25, 0.3) is 5.56 Å². The maximum Gasteiger partial charge on any atom is 0.252 e. The van der Waals surface area contributed by atoms with Gasteiger partial charge in [-0.2, -0.15) is 0 Å². The standard InChI is InChI=1S/C26H32N6O2/c1-4-23(25-28-29-30-32(25)16-22-10-7-13-34-22)31(21-8-5-6-9-21)15-20-14-19-12-11-17(2)18(3)24(19)27-26(20)33/h7,10-14,21,23H,4-6,8-9,15-16H2,1-3H3,(H,27,33)/t23-/m1/s1. The lowest BCUT2D eigenvalue weighted by Crippen LogP contribution is -2.39. The number of hydrogen-bond acceptors (Lipinski definition) is 6. The maximum absolute atomic E-state index is 13.2. The molecule has 1 N–H and O–H groups in total. The van der Waals surface area contributed by atoms with E-state index in [1.165, 1.54) is 18.4 Å². The SMILES string of the molecule is CC[C@H](c1nnnn1Cc1ccco1)N(Cc1cc2ccc(C)c(C)c2[nH]c1=O)C1CCCC1. The Kier molecular flexibility index (Phi) is 6.32. The van der Waals surface area contributed by atoms with Gasteiger partial charge in [-0.3, -0.25) is 9.69 Å². The van der Waals surface area contributed by atoms with Gasteiger partial charge >= 0.3 is 0 Å². The molecule has 34 heavy (non-hydrogen) atoms. The smallest absolute Gasteiger partial charge is 0.252 e. The molecule has 1 fully saturated rings. The fraction of sp³-hybridized carbons (Fsp3) is 0.462. The van der Waals surface area contributed by atoms with Crippen LogP contribution in [0.15, 0.2) is 45.8 Å². The Bertz CT molecular complexity index is 1320. The normalized spacial score (nSPS) is 15.5. The molecule has 3 aromatic heterocycles. The summed E-state index contributed by atoms with van der Waals surface area (Å²) in [4.78, 5) is 18.8. The van der Waals surface area contributed by atoms with Crippen LogP contribution < -0.4 is 5.56 Å². The number of nitrogens with one attached hydrogen (secondary N) is 1. The van der Waals surface area contributed by atoms with E-state index in [0.717, 1.165) is 52.9 Å². The predicted octanol–water partition coefficient (Wildman–Crippen LogP) is 4.67. The summed E-state index contributed by atoms with van der Waals surface area (Å²) in [6, 6.07) is 10.5. The number of nitrogens with zero attached hydrogens (tertiary/aromatic N) is 5. The van der Waals surface area contributed by atoms with Crippen LogP contribution in [0.3, 0.4) is 0 Å². The van der Waals surface area contributed by atoms with E-state index in [4.69, 9.17) is 4.42 Å². The average Bonchev–Trinajstić information content (AvgIpc) is 3.61. The molecule has 3 heterocycles. The van der Waals surface area contributed by atoms with Crippen molar-refractivity contribution in [2.75, 3.05) is 0 Å². The lowest BCUT2D eigenvalue weighted by molar-refractivity contribution is 0.112. The highest BCUT2D eigenvalue weighted by molar-refractivity contribution is 5.83. The van der Waals surface area contributed by atoms with Gasteiger partial charge < -0.3 is 9.40 Å². The van der Waals surface area contributed by atoms with Crippen LogP contribution >= 0.6 is 0 Å². The van der Waals surface area contributed by atoms with Crippen molar-refractivity contribution in [3.63, 3.8) is 0 Å². The van der Waals surface area contributed by atoms with Crippen molar-refractivity contribution in [2.45, 2.75) is 78.0 Å². The Morgan fingerprint density at radius 1 is 1.24 bits per heavy atom. The zero-order valence-corrected chi connectivity index (χ0v) is 20.1. The molecule has 178 valence electrons. The summed E-state index contributed by atoms with van der Waals surface area (Å²) >= 11 is 0. The quantitative estimate of drug-likeness (QED) is 0.411. The highest BCUT2D eigenvalue weighted by Crippen LogP contribution is 2.34. The largest absolute Gasteiger partial charge is 0.467 e. The molecule has 0 unspecified atom stereocenters. The number of aryl methyl sites for hydroxylation is 2. The number of tetrazole rings is 1. The molecule has 1 saturated carbocycles. The van der Waals surface area contributed by atoms with Gasteiger partial charge in [0.2, 0.25) is 0 Å². The second-order valence-electron chi connectivity index (χ2n) is 9.40. The number of H-pyrrole nitrogens is 1. The minimum atomic E-state index is -0.0192. The van der Waals surface area contributed by atoms with Crippen LogP contribution in [0, 0.1) is 13.8 Å². The molecule has 0 saturated heterocycles. The Morgan fingerprint density at radius 2 is 2.06 bits per heavy atom. The van der Waals surface area contributed by atoms with Gasteiger partial charge in [-0.25, -0.2) is 4.68 Å². The first-order valence-electron chi connectivity index (χ1n) is 12.2. The van der Waals surface area contributed by atoms with Crippen LogP contribution in [-0.4, -0.2) is 36.1 Å². The predicted molar refractivity (Wildman–Crippen MR) is 131 cm³/mol. The summed E-state index contributed by atoms with van der Waals surface area (Å²) in [5.41, 5.74) is 3.99. The molecule has 0 spiro atoms. The molecule has 1 aliphatic rings. The number of benzene rings is 1. The fourth-order valence-corrected chi connectivity index (χ4v) is 5.29. The van der Waals surface area contributed by atoms with Crippen LogP contribution in [0.25, 0.3) is 10.9 Å². The third-order valence-electron chi connectivity index (χ3n) is 7.30. The van der Waals surface area contributed by atoms with Crippen LogP contribution in [0.2, 0.25) is 0 Å². The molecule has 0 amide bonds. The molecular formula is C26H32N6O2. The zero-order chi connectivity index (χ0) is 23.7. The Balaban J connectivity index is 1.51. The van der Waals surface area contributed by atoms with Gasteiger partial charge in [0, 0.05) is 18.2 Å². The summed E-state index contributed by atoms with van der Waals surface area (Å²) in [5.74, 6) is 1.63. The van der Waals surface area contributed by atoms with Gasteiger partial charge in [0.05, 0.1) is 17.8 Å². The molecule has 8 heteroatoms. The lowest BCUT2D eigenvalue weighted by Gasteiger charge is -2.35. The molecular weight excluding hydrogens is 428 g/mol. The highest BCUT2D eigenvalue weighted by Gasteiger charge is 2.32. The summed E-state index contributed by atoms with van der Waals surface area (Å²) in [6.07, 6.45) is 7.18. The van der Waals surface area contributed by atoms with E-state index in [2.05, 4.69) is 64.4 Å². The first kappa shape index (κ1) is 22.5. The Hall–Kier alpha value is -3.26. The van der Waals surface area contributed by atoms with Gasteiger partial charge in [0.15, 0.2) is 5.82 Å². The van der Waals surface area contributed by atoms with Gasteiger partial charge in [0.1, 0.15) is 12.3 Å². The van der Waals surface area contributed by atoms with E-state index in [0.29, 0.717) is 19.1 Å². The van der Waals surface area contributed by atoms with Crippen molar-refractivity contribution < 1.29 is 4.42 Å². The monoisotopic (exact) mass is 460 g/mol. The molecule has 1 aliphatic carbocycles. The van der Waals surface area contributed by atoms with Crippen molar-refractivity contribution >= 4 is 10.9 Å². The van der Waals surface area contributed by atoms with Crippen molar-refractivity contribution in [1.29, 1.82) is 0 Å². The van der Waals surface area contributed by atoms with Crippen LogP contribution in [0.4, 0.5) is 0 Å². The average molecular weight is 461 g/mol. The summed E-state index contributed by atoms with van der Waals surface area (Å²) in [6.45, 7) is 7.34. The van der Waals surface area contributed by atoms with Crippen molar-refractivity contribution in [3.05, 3.63) is 75.2 Å². The molecule has 1 atom stereocenters. The van der Waals surface area contributed by atoms with Crippen molar-refractivity contribution in [1.82, 2.24) is 30.1 Å². The number of aromatic nitrogens is 5. The van der Waals surface area contributed by atoms with E-state index < -0.39 is 0 Å². The third kappa shape index (κ3) is 4.30. The van der Waals surface area contributed by atoms with Crippen molar-refractivity contribution in [3.8, 4) is 0 Å². The number of pyridine rings is 1. The number of aromatic amines is 1. The first-order valence-corrected chi connectivity index (χ1v) is 12.2. The molecule has 4 aromatic rings. The van der Waals surface area contributed by atoms with E-state index in [-0.39, 0.29) is 11.6 Å². The van der Waals surface area contributed by atoms with Gasteiger partial charge in [-0.05, 0) is 78.2 Å². The fourth-order valence-electron chi connectivity index (χ4n) is 5.29. The first-order chi connectivity index (χ1) is 16.5. The van der Waals surface area contributed by atoms with Crippen molar-refractivity contribution in [2.24, 2.45) is 0 Å². The van der Waals surface area contributed by atoms with Gasteiger partial charge in [-0.15, -0.1) is 5.10 Å². The number of furan rings is 1. The summed E-state index contributed by atoms with van der Waals surface area (Å²) in [5, 5.41) is 13.7. The van der Waals surface area contributed by atoms with Crippen LogP contribution in [0.1, 0.15) is 73.3 Å². The van der Waals surface area contributed by atoms with E-state index in [1.54, 1.807) is 6.26 Å². The topological polar surface area (TPSA) is 92.8 Å². The molecule has 1 aromatic carbocycles. The number of hydrogen-bond donors (Lipinski definition) is 1. The van der Waals surface area contributed by atoms with E-state index in [9.17, 15) is 4.79 Å². The summed E-state index contributed by atoms with van der Waals surface area (Å²) in [7, 11) is 0. The van der Waals surface area contributed by atoms with E-state index in [1.807, 2.05) is 16.8 Å². The molecule has 0 radical (unpaired) electrons. The Morgan fingerprint density at radius 3 is 2.79 bits per heavy atom. The Labute approximate surface area is 199 Å². The number of fused-ring (bicyclic) bond motifs is 1. The van der Waals surface area contributed by atoms with Crippen LogP contribution in [-0.2, 0) is 13.1 Å². The molecule has 8 nitrogen and oxygen atoms in total. The third-order valence-corrected chi connectivity index (χ3v) is 7.30. The maximum atomic E-state index is 13.2.